The van der Waals surface area contributed by atoms with Crippen molar-refractivity contribution in [3.8, 4) is 5.75 Å². The molecule has 0 aliphatic heterocycles. The van der Waals surface area contributed by atoms with E-state index in [4.69, 9.17) is 16.3 Å². The molecule has 1 rings (SSSR count). The van der Waals surface area contributed by atoms with Gasteiger partial charge in [0, 0.05) is 5.56 Å². The van der Waals surface area contributed by atoms with Gasteiger partial charge in [0.1, 0.15) is 11.4 Å². The van der Waals surface area contributed by atoms with Crippen molar-refractivity contribution in [2.24, 2.45) is 0 Å². The van der Waals surface area contributed by atoms with Gasteiger partial charge in [-0.15, -0.1) is 0 Å². The van der Waals surface area contributed by atoms with E-state index in [1.807, 2.05) is 6.92 Å². The van der Waals surface area contributed by atoms with Gasteiger partial charge in [-0.2, -0.15) is 0 Å². The normalized spacial score (nSPS) is 11.3. The third-order valence-corrected chi connectivity index (χ3v) is 2.34. The topological polar surface area (TPSA) is 46.5 Å². The lowest BCUT2D eigenvalue weighted by molar-refractivity contribution is 0.0488. The molecule has 0 spiro atoms. The van der Waals surface area contributed by atoms with Crippen LogP contribution in [-0.2, 0) is 0 Å². The zero-order valence-corrected chi connectivity index (χ0v) is 10.3. The number of carbonyl (C=O) groups excluding carboxylic acids is 1. The Balaban J connectivity index is 3.02. The summed E-state index contributed by atoms with van der Waals surface area (Å²) in [5.74, 6) is 0.175. The van der Waals surface area contributed by atoms with Crippen molar-refractivity contribution in [1.29, 1.82) is 0 Å². The molecular formula is C12H15ClO3. The summed E-state index contributed by atoms with van der Waals surface area (Å²) < 4.78 is 5.25. The fourth-order valence-electron chi connectivity index (χ4n) is 1.27. The van der Waals surface area contributed by atoms with E-state index in [9.17, 15) is 9.90 Å². The third kappa shape index (κ3) is 2.97. The largest absolute Gasteiger partial charge is 0.492 e. The van der Waals surface area contributed by atoms with Crippen LogP contribution >= 0.6 is 11.6 Å². The number of Topliss-reactive ketones (excluding diaryl/α,β-unsaturated/α-hetero) is 1. The lowest BCUT2D eigenvalue weighted by Gasteiger charge is -2.16. The van der Waals surface area contributed by atoms with Crippen molar-refractivity contribution < 1.29 is 14.6 Å². The SMILES string of the molecule is CCOc1ccc(C(=O)C(C)(C)O)cc1Cl. The second kappa shape index (κ2) is 4.85. The summed E-state index contributed by atoms with van der Waals surface area (Å²) in [4.78, 5) is 11.7. The van der Waals surface area contributed by atoms with E-state index in [0.29, 0.717) is 22.9 Å². The molecule has 0 unspecified atom stereocenters. The highest BCUT2D eigenvalue weighted by atomic mass is 35.5. The van der Waals surface area contributed by atoms with Gasteiger partial charge in [0.15, 0.2) is 5.78 Å². The van der Waals surface area contributed by atoms with Gasteiger partial charge in [-0.1, -0.05) is 11.6 Å². The smallest absolute Gasteiger partial charge is 0.193 e. The van der Waals surface area contributed by atoms with Gasteiger partial charge in [0.2, 0.25) is 0 Å². The molecule has 0 fully saturated rings. The molecule has 16 heavy (non-hydrogen) atoms. The van der Waals surface area contributed by atoms with Gasteiger partial charge in [-0.05, 0) is 39.0 Å². The maximum Gasteiger partial charge on any atom is 0.193 e. The van der Waals surface area contributed by atoms with Crippen LogP contribution in [0.3, 0.4) is 0 Å². The molecule has 3 nitrogen and oxygen atoms in total. The van der Waals surface area contributed by atoms with Crippen LogP contribution in [0.15, 0.2) is 18.2 Å². The number of halogens is 1. The van der Waals surface area contributed by atoms with Gasteiger partial charge in [-0.3, -0.25) is 4.79 Å². The maximum atomic E-state index is 11.7. The minimum Gasteiger partial charge on any atom is -0.492 e. The van der Waals surface area contributed by atoms with Gasteiger partial charge < -0.3 is 9.84 Å². The number of ether oxygens (including phenoxy) is 1. The summed E-state index contributed by atoms with van der Waals surface area (Å²) in [6, 6.07) is 4.73. The number of carbonyl (C=O) groups is 1. The Kier molecular flexibility index (Phi) is 3.94. The molecule has 0 saturated carbocycles. The molecule has 0 saturated heterocycles. The van der Waals surface area contributed by atoms with Crippen LogP contribution in [0.4, 0.5) is 0 Å². The quantitative estimate of drug-likeness (QED) is 0.826. The van der Waals surface area contributed by atoms with Crippen molar-refractivity contribution in [3.63, 3.8) is 0 Å². The first-order chi connectivity index (χ1) is 7.36. The number of hydrogen-bond donors (Lipinski definition) is 1. The second-order valence-corrected chi connectivity index (χ2v) is 4.37. The molecule has 0 radical (unpaired) electrons. The average molecular weight is 243 g/mol. The number of aliphatic hydroxyl groups is 1. The average Bonchev–Trinajstić information content (AvgIpc) is 2.19. The minimum atomic E-state index is -1.39. The molecule has 0 aromatic heterocycles. The molecule has 0 atom stereocenters. The summed E-state index contributed by atoms with van der Waals surface area (Å²) in [6.45, 7) is 5.25. The Bertz CT molecular complexity index is 394. The highest BCUT2D eigenvalue weighted by molar-refractivity contribution is 6.32. The first-order valence-electron chi connectivity index (χ1n) is 5.05. The van der Waals surface area contributed by atoms with Crippen LogP contribution in [0.25, 0.3) is 0 Å². The minimum absolute atomic E-state index is 0.363. The summed E-state index contributed by atoms with van der Waals surface area (Å²) in [5, 5.41) is 9.95. The molecule has 0 amide bonds. The zero-order valence-electron chi connectivity index (χ0n) is 9.58. The molecule has 0 aliphatic carbocycles. The number of benzene rings is 1. The molecule has 1 aromatic rings. The van der Waals surface area contributed by atoms with Crippen LogP contribution in [-0.4, -0.2) is 23.1 Å². The van der Waals surface area contributed by atoms with Gasteiger partial charge in [0.25, 0.3) is 0 Å². The van der Waals surface area contributed by atoms with E-state index >= 15 is 0 Å². The van der Waals surface area contributed by atoms with Crippen molar-refractivity contribution in [3.05, 3.63) is 28.8 Å². The number of rotatable bonds is 4. The van der Waals surface area contributed by atoms with Gasteiger partial charge in [-0.25, -0.2) is 0 Å². The Hall–Kier alpha value is -1.06. The van der Waals surface area contributed by atoms with E-state index in [1.54, 1.807) is 12.1 Å². The van der Waals surface area contributed by atoms with Crippen LogP contribution in [0.5, 0.6) is 5.75 Å². The van der Waals surface area contributed by atoms with E-state index < -0.39 is 5.60 Å². The summed E-state index contributed by atoms with van der Waals surface area (Å²) >= 11 is 5.94. The Morgan fingerprint density at radius 3 is 2.56 bits per heavy atom. The highest BCUT2D eigenvalue weighted by Gasteiger charge is 2.25. The molecule has 0 bridgehead atoms. The monoisotopic (exact) mass is 242 g/mol. The van der Waals surface area contributed by atoms with Gasteiger partial charge in [0.05, 0.1) is 11.6 Å². The highest BCUT2D eigenvalue weighted by Crippen LogP contribution is 2.26. The first kappa shape index (κ1) is 13.0. The zero-order chi connectivity index (χ0) is 12.3. The number of hydrogen-bond acceptors (Lipinski definition) is 3. The predicted octanol–water partition coefficient (Wildman–Crippen LogP) is 2.69. The lowest BCUT2D eigenvalue weighted by Crippen LogP contribution is -2.31. The second-order valence-electron chi connectivity index (χ2n) is 3.97. The number of ketones is 1. The molecule has 0 aliphatic rings. The molecular weight excluding hydrogens is 228 g/mol. The van der Waals surface area contributed by atoms with E-state index in [2.05, 4.69) is 0 Å². The fourth-order valence-corrected chi connectivity index (χ4v) is 1.50. The van der Waals surface area contributed by atoms with E-state index in [-0.39, 0.29) is 5.78 Å². The summed E-state index contributed by atoms with van der Waals surface area (Å²) in [5.41, 5.74) is -1.02. The van der Waals surface area contributed by atoms with E-state index in [1.165, 1.54) is 19.9 Å². The van der Waals surface area contributed by atoms with Crippen molar-refractivity contribution in [2.75, 3.05) is 6.61 Å². The third-order valence-electron chi connectivity index (χ3n) is 2.05. The van der Waals surface area contributed by atoms with E-state index in [0.717, 1.165) is 0 Å². The predicted molar refractivity (Wildman–Crippen MR) is 63.2 cm³/mol. The Morgan fingerprint density at radius 2 is 2.12 bits per heavy atom. The standard InChI is InChI=1S/C12H15ClO3/c1-4-16-10-6-5-8(7-9(10)13)11(14)12(2,3)15/h5-7,15H,4H2,1-3H3. The summed E-state index contributed by atoms with van der Waals surface area (Å²) in [6.07, 6.45) is 0. The fraction of sp³-hybridized carbons (Fsp3) is 0.417. The van der Waals surface area contributed by atoms with Crippen molar-refractivity contribution >= 4 is 17.4 Å². The van der Waals surface area contributed by atoms with Crippen LogP contribution in [0, 0.1) is 0 Å². The summed E-state index contributed by atoms with van der Waals surface area (Å²) in [7, 11) is 0. The van der Waals surface area contributed by atoms with Crippen LogP contribution < -0.4 is 4.74 Å². The lowest BCUT2D eigenvalue weighted by atomic mass is 9.97. The molecule has 1 aromatic carbocycles. The molecule has 1 N–H and O–H groups in total. The molecule has 88 valence electrons. The van der Waals surface area contributed by atoms with Crippen molar-refractivity contribution in [2.45, 2.75) is 26.4 Å². The Labute approximate surface area is 100.0 Å². The van der Waals surface area contributed by atoms with Crippen LogP contribution in [0.1, 0.15) is 31.1 Å². The van der Waals surface area contributed by atoms with Crippen molar-refractivity contribution in [1.82, 2.24) is 0 Å². The molecule has 0 heterocycles. The molecule has 4 heteroatoms. The maximum absolute atomic E-state index is 11.7. The first-order valence-corrected chi connectivity index (χ1v) is 5.43. The Morgan fingerprint density at radius 1 is 1.50 bits per heavy atom. The van der Waals surface area contributed by atoms with Gasteiger partial charge >= 0.3 is 0 Å². The van der Waals surface area contributed by atoms with Crippen LogP contribution in [0.2, 0.25) is 5.02 Å².